The molecule has 1 rings (SSSR count). The lowest BCUT2D eigenvalue weighted by atomic mass is 10.2. The maximum Gasteiger partial charge on any atom is 0.253 e. The highest BCUT2D eigenvalue weighted by Gasteiger charge is 2.14. The molecule has 0 fully saturated rings. The Labute approximate surface area is 97.6 Å². The van der Waals surface area contributed by atoms with Crippen LogP contribution in [0.2, 0.25) is 0 Å². The average molecular weight is 240 g/mol. The second kappa shape index (κ2) is 5.77. The van der Waals surface area contributed by atoms with E-state index in [4.69, 9.17) is 0 Å². The Morgan fingerprint density at radius 2 is 2.00 bits per heavy atom. The molecule has 0 aromatic heterocycles. The van der Waals surface area contributed by atoms with Gasteiger partial charge in [-0.25, -0.2) is 0 Å². The molecular formula is C11H14NO3S-. The first-order chi connectivity index (χ1) is 7.52. The van der Waals surface area contributed by atoms with Gasteiger partial charge in [0.2, 0.25) is 0 Å². The molecule has 5 heteroatoms. The predicted octanol–water partition coefficient (Wildman–Crippen LogP) is 1.03. The Morgan fingerprint density at radius 1 is 1.44 bits per heavy atom. The van der Waals surface area contributed by atoms with E-state index in [9.17, 15) is 13.6 Å². The summed E-state index contributed by atoms with van der Waals surface area (Å²) in [6.45, 7) is 1.77. The van der Waals surface area contributed by atoms with E-state index >= 15 is 0 Å². The van der Waals surface area contributed by atoms with Crippen LogP contribution in [0.25, 0.3) is 0 Å². The van der Waals surface area contributed by atoms with Gasteiger partial charge in [-0.2, -0.15) is 0 Å². The van der Waals surface area contributed by atoms with Gasteiger partial charge < -0.3 is 9.45 Å². The maximum absolute atomic E-state index is 11.8. The number of carbonyl (C=O) groups is 1. The Kier molecular flexibility index (Phi) is 4.64. The summed E-state index contributed by atoms with van der Waals surface area (Å²) in [5.74, 6) is -0.169. The predicted molar refractivity (Wildman–Crippen MR) is 61.8 cm³/mol. The Hall–Kier alpha value is -1.20. The Morgan fingerprint density at radius 3 is 2.50 bits per heavy atom. The lowest BCUT2D eigenvalue weighted by Crippen LogP contribution is -2.34. The number of hydrogen-bond acceptors (Lipinski definition) is 3. The molecule has 0 saturated carbocycles. The first-order valence-electron chi connectivity index (χ1n) is 4.91. The number of amides is 1. The third-order valence-corrected chi connectivity index (χ3v) is 3.03. The lowest BCUT2D eigenvalue weighted by Gasteiger charge is -2.23. The van der Waals surface area contributed by atoms with Crippen LogP contribution in [0.5, 0.6) is 0 Å². The van der Waals surface area contributed by atoms with E-state index in [1.165, 1.54) is 4.90 Å². The van der Waals surface area contributed by atoms with Crippen LogP contribution in [0.4, 0.5) is 0 Å². The fourth-order valence-electron chi connectivity index (χ4n) is 1.33. The van der Waals surface area contributed by atoms with Gasteiger partial charge in [-0.05, 0) is 12.1 Å². The normalized spacial score (nSPS) is 14.2. The topological polar surface area (TPSA) is 60.4 Å². The van der Waals surface area contributed by atoms with Crippen LogP contribution in [-0.4, -0.2) is 38.4 Å². The van der Waals surface area contributed by atoms with Crippen molar-refractivity contribution in [3.63, 3.8) is 0 Å². The minimum atomic E-state index is -2.15. The first-order valence-corrected chi connectivity index (χ1v) is 6.04. The fourth-order valence-corrected chi connectivity index (χ4v) is 1.68. The van der Waals surface area contributed by atoms with E-state index in [1.54, 1.807) is 38.2 Å². The van der Waals surface area contributed by atoms with Crippen LogP contribution in [0, 0.1) is 0 Å². The van der Waals surface area contributed by atoms with E-state index in [0.717, 1.165) is 0 Å². The molecule has 0 aliphatic heterocycles. The molecule has 0 spiro atoms. The van der Waals surface area contributed by atoms with Crippen molar-refractivity contribution in [2.75, 3.05) is 13.6 Å². The standard InChI is InChI=1S/C11H15NO3S/c1-9(16(14)15)8-12(2)11(13)10-6-4-3-5-7-10/h3-7,9H,8H2,1-2H3,(H,14,15)/p-1. The molecular weight excluding hydrogens is 226 g/mol. The molecule has 0 N–H and O–H groups in total. The molecule has 88 valence electrons. The summed E-state index contributed by atoms with van der Waals surface area (Å²) >= 11 is -2.15. The third-order valence-electron chi connectivity index (χ3n) is 2.23. The van der Waals surface area contributed by atoms with Gasteiger partial charge in [0.25, 0.3) is 5.91 Å². The summed E-state index contributed by atoms with van der Waals surface area (Å²) in [6.07, 6.45) is 0. The molecule has 0 aliphatic carbocycles. The third kappa shape index (κ3) is 3.43. The van der Waals surface area contributed by atoms with Gasteiger partial charge in [0.1, 0.15) is 0 Å². The average Bonchev–Trinajstić information content (AvgIpc) is 2.28. The SMILES string of the molecule is CC(CN(C)C(=O)c1ccccc1)S(=O)[O-]. The van der Waals surface area contributed by atoms with Crippen molar-refractivity contribution in [1.82, 2.24) is 4.90 Å². The molecule has 0 aliphatic rings. The molecule has 1 aromatic rings. The lowest BCUT2D eigenvalue weighted by molar-refractivity contribution is 0.0796. The van der Waals surface area contributed by atoms with Gasteiger partial charge in [0, 0.05) is 24.4 Å². The van der Waals surface area contributed by atoms with Crippen molar-refractivity contribution in [3.8, 4) is 0 Å². The van der Waals surface area contributed by atoms with Crippen LogP contribution >= 0.6 is 0 Å². The van der Waals surface area contributed by atoms with Crippen molar-refractivity contribution < 1.29 is 13.6 Å². The number of benzene rings is 1. The fraction of sp³-hybridized carbons (Fsp3) is 0.364. The number of rotatable bonds is 4. The summed E-state index contributed by atoms with van der Waals surface area (Å²) in [7, 11) is 1.60. The molecule has 1 amide bonds. The number of carbonyl (C=O) groups excluding carboxylic acids is 1. The highest BCUT2D eigenvalue weighted by Crippen LogP contribution is 2.04. The van der Waals surface area contributed by atoms with Crippen molar-refractivity contribution in [2.24, 2.45) is 0 Å². The van der Waals surface area contributed by atoms with Crippen LogP contribution < -0.4 is 0 Å². The monoisotopic (exact) mass is 240 g/mol. The maximum atomic E-state index is 11.8. The molecule has 0 heterocycles. The quantitative estimate of drug-likeness (QED) is 0.738. The molecule has 16 heavy (non-hydrogen) atoms. The highest BCUT2D eigenvalue weighted by atomic mass is 32.2. The Bertz CT molecular complexity index is 380. The van der Waals surface area contributed by atoms with Gasteiger partial charge in [0.05, 0.1) is 0 Å². The van der Waals surface area contributed by atoms with E-state index in [-0.39, 0.29) is 12.5 Å². The summed E-state index contributed by atoms with van der Waals surface area (Å²) in [6, 6.07) is 8.79. The molecule has 2 atom stereocenters. The summed E-state index contributed by atoms with van der Waals surface area (Å²) < 4.78 is 21.3. The molecule has 4 nitrogen and oxygen atoms in total. The van der Waals surface area contributed by atoms with Gasteiger partial charge in [0.15, 0.2) is 0 Å². The van der Waals surface area contributed by atoms with E-state index < -0.39 is 16.3 Å². The minimum absolute atomic E-state index is 0.169. The van der Waals surface area contributed by atoms with Gasteiger partial charge in [-0.15, -0.1) is 0 Å². The zero-order chi connectivity index (χ0) is 12.1. The number of nitrogens with zero attached hydrogens (tertiary/aromatic N) is 1. The van der Waals surface area contributed by atoms with Crippen LogP contribution in [0.3, 0.4) is 0 Å². The second-order valence-electron chi connectivity index (χ2n) is 3.62. The molecule has 0 saturated heterocycles. The van der Waals surface area contributed by atoms with Crippen LogP contribution in [0.15, 0.2) is 30.3 Å². The summed E-state index contributed by atoms with van der Waals surface area (Å²) in [4.78, 5) is 13.2. The summed E-state index contributed by atoms with van der Waals surface area (Å²) in [5.41, 5.74) is 0.564. The van der Waals surface area contributed by atoms with E-state index in [2.05, 4.69) is 0 Å². The zero-order valence-corrected chi connectivity index (χ0v) is 10.1. The van der Waals surface area contributed by atoms with E-state index in [1.807, 2.05) is 6.07 Å². The smallest absolute Gasteiger partial charge is 0.253 e. The van der Waals surface area contributed by atoms with Gasteiger partial charge in [-0.3, -0.25) is 9.00 Å². The largest absolute Gasteiger partial charge is 0.772 e. The molecule has 2 unspecified atom stereocenters. The number of hydrogen-bond donors (Lipinski definition) is 0. The molecule has 1 aromatic carbocycles. The van der Waals surface area contributed by atoms with E-state index in [0.29, 0.717) is 5.56 Å². The first kappa shape index (κ1) is 12.9. The van der Waals surface area contributed by atoms with Gasteiger partial charge >= 0.3 is 0 Å². The van der Waals surface area contributed by atoms with Crippen molar-refractivity contribution in [2.45, 2.75) is 12.2 Å². The minimum Gasteiger partial charge on any atom is -0.772 e. The van der Waals surface area contributed by atoms with Crippen LogP contribution in [0.1, 0.15) is 17.3 Å². The van der Waals surface area contributed by atoms with Gasteiger partial charge in [-0.1, -0.05) is 36.2 Å². The Balaban J connectivity index is 2.65. The summed E-state index contributed by atoms with van der Waals surface area (Å²) in [5, 5.41) is -0.558. The van der Waals surface area contributed by atoms with Crippen molar-refractivity contribution in [3.05, 3.63) is 35.9 Å². The highest BCUT2D eigenvalue weighted by molar-refractivity contribution is 7.79. The van der Waals surface area contributed by atoms with Crippen LogP contribution in [-0.2, 0) is 11.1 Å². The molecule has 0 radical (unpaired) electrons. The second-order valence-corrected chi connectivity index (χ2v) is 4.95. The molecule has 0 bridgehead atoms. The van der Waals surface area contributed by atoms with Crippen molar-refractivity contribution in [1.29, 1.82) is 0 Å². The zero-order valence-electron chi connectivity index (χ0n) is 9.25. The van der Waals surface area contributed by atoms with Crippen molar-refractivity contribution >= 4 is 17.0 Å².